The zero-order valence-electron chi connectivity index (χ0n) is 12.4. The molecule has 1 aromatic carbocycles. The van der Waals surface area contributed by atoms with Gasteiger partial charge in [0.1, 0.15) is 5.82 Å². The summed E-state index contributed by atoms with van der Waals surface area (Å²) in [5.41, 5.74) is 0.338. The summed E-state index contributed by atoms with van der Waals surface area (Å²) in [6.45, 7) is 4.01. The van der Waals surface area contributed by atoms with Gasteiger partial charge >= 0.3 is 0 Å². The molecule has 6 nitrogen and oxygen atoms in total. The van der Waals surface area contributed by atoms with Crippen LogP contribution in [0.2, 0.25) is 0 Å². The molecule has 1 fully saturated rings. The Hall–Kier alpha value is -1.57. The number of hydrogen-bond acceptors (Lipinski definition) is 5. The minimum Gasteiger partial charge on any atom is -0.311 e. The zero-order chi connectivity index (χ0) is 15.4. The van der Waals surface area contributed by atoms with Crippen molar-refractivity contribution in [2.45, 2.75) is 12.6 Å². The molecule has 116 valence electrons. The van der Waals surface area contributed by atoms with Crippen molar-refractivity contribution in [2.75, 3.05) is 40.3 Å². The van der Waals surface area contributed by atoms with E-state index < -0.39 is 10.7 Å². The highest BCUT2D eigenvalue weighted by Gasteiger charge is 2.22. The standard InChI is InChI=1S/C14H21FN4O2/c1-17-5-6-18(2)13(10-17)9-16-8-11-7-12(15)3-4-14(11)19(20)21/h3-4,7,13,16H,5-6,8-10H2,1-2H3. The van der Waals surface area contributed by atoms with Gasteiger partial charge in [-0.2, -0.15) is 0 Å². The number of benzene rings is 1. The SMILES string of the molecule is CN1CCN(C)C(CNCc2cc(F)ccc2[N+](=O)[O-])C1. The van der Waals surface area contributed by atoms with Gasteiger partial charge in [0.05, 0.1) is 4.92 Å². The molecule has 1 aromatic rings. The molecule has 7 heteroatoms. The van der Waals surface area contributed by atoms with Crippen molar-refractivity contribution in [2.24, 2.45) is 0 Å². The van der Waals surface area contributed by atoms with E-state index in [-0.39, 0.29) is 5.69 Å². The molecule has 0 amide bonds. The Morgan fingerprint density at radius 1 is 1.43 bits per heavy atom. The Morgan fingerprint density at radius 3 is 2.90 bits per heavy atom. The molecular weight excluding hydrogens is 275 g/mol. The number of nitrogens with one attached hydrogen (secondary N) is 1. The van der Waals surface area contributed by atoms with E-state index in [2.05, 4.69) is 29.2 Å². The average molecular weight is 296 g/mol. The van der Waals surface area contributed by atoms with Crippen LogP contribution in [0.25, 0.3) is 0 Å². The third-order valence-corrected chi connectivity index (χ3v) is 3.91. The molecule has 21 heavy (non-hydrogen) atoms. The second-order valence-electron chi connectivity index (χ2n) is 5.56. The molecule has 0 aliphatic carbocycles. The largest absolute Gasteiger partial charge is 0.311 e. The van der Waals surface area contributed by atoms with Crippen molar-refractivity contribution in [3.8, 4) is 0 Å². The van der Waals surface area contributed by atoms with E-state index >= 15 is 0 Å². The van der Waals surface area contributed by atoms with Gasteiger partial charge in [-0.15, -0.1) is 0 Å². The number of piperazine rings is 1. The minimum atomic E-state index is -0.475. The van der Waals surface area contributed by atoms with E-state index in [4.69, 9.17) is 0 Å². The monoisotopic (exact) mass is 296 g/mol. The Morgan fingerprint density at radius 2 is 2.19 bits per heavy atom. The van der Waals surface area contributed by atoms with Gasteiger partial charge in [-0.05, 0) is 26.2 Å². The molecule has 1 saturated heterocycles. The maximum Gasteiger partial charge on any atom is 0.274 e. The molecule has 0 radical (unpaired) electrons. The highest BCUT2D eigenvalue weighted by Crippen LogP contribution is 2.19. The number of nitro benzene ring substituents is 1. The first-order chi connectivity index (χ1) is 9.97. The van der Waals surface area contributed by atoms with Gasteiger partial charge in [-0.3, -0.25) is 15.0 Å². The van der Waals surface area contributed by atoms with Crippen molar-refractivity contribution in [3.63, 3.8) is 0 Å². The lowest BCUT2D eigenvalue weighted by Gasteiger charge is -2.37. The molecule has 1 aliphatic heterocycles. The van der Waals surface area contributed by atoms with Crippen molar-refractivity contribution >= 4 is 5.69 Å². The Labute approximate surface area is 123 Å². The van der Waals surface area contributed by atoms with Crippen LogP contribution in [0.4, 0.5) is 10.1 Å². The lowest BCUT2D eigenvalue weighted by molar-refractivity contribution is -0.385. The molecule has 0 aromatic heterocycles. The van der Waals surface area contributed by atoms with E-state index in [1.54, 1.807) is 0 Å². The van der Waals surface area contributed by atoms with E-state index in [0.29, 0.717) is 24.7 Å². The van der Waals surface area contributed by atoms with Crippen LogP contribution in [-0.4, -0.2) is 61.0 Å². The predicted molar refractivity (Wildman–Crippen MR) is 78.7 cm³/mol. The first-order valence-corrected chi connectivity index (χ1v) is 6.99. The number of nitrogens with zero attached hydrogens (tertiary/aromatic N) is 3. The summed E-state index contributed by atoms with van der Waals surface area (Å²) < 4.78 is 13.2. The highest BCUT2D eigenvalue weighted by atomic mass is 19.1. The fourth-order valence-corrected chi connectivity index (χ4v) is 2.57. The number of rotatable bonds is 5. The molecule has 1 aliphatic rings. The second-order valence-corrected chi connectivity index (χ2v) is 5.56. The molecule has 0 bridgehead atoms. The topological polar surface area (TPSA) is 61.6 Å². The third-order valence-electron chi connectivity index (χ3n) is 3.91. The fourth-order valence-electron chi connectivity index (χ4n) is 2.57. The van der Waals surface area contributed by atoms with Crippen molar-refractivity contribution < 1.29 is 9.31 Å². The van der Waals surface area contributed by atoms with E-state index in [0.717, 1.165) is 25.7 Å². The van der Waals surface area contributed by atoms with Crippen LogP contribution in [0.5, 0.6) is 0 Å². The highest BCUT2D eigenvalue weighted by molar-refractivity contribution is 5.40. The van der Waals surface area contributed by atoms with Gasteiger partial charge in [-0.25, -0.2) is 4.39 Å². The summed E-state index contributed by atoms with van der Waals surface area (Å²) >= 11 is 0. The normalized spacial score (nSPS) is 20.6. The molecule has 1 atom stereocenters. The first kappa shape index (κ1) is 15.8. The van der Waals surface area contributed by atoms with Crippen LogP contribution >= 0.6 is 0 Å². The minimum absolute atomic E-state index is 0.0435. The predicted octanol–water partition coefficient (Wildman–Crippen LogP) is 1.07. The maximum atomic E-state index is 13.2. The third kappa shape index (κ3) is 4.20. The van der Waals surface area contributed by atoms with Crippen LogP contribution in [0.1, 0.15) is 5.56 Å². The lowest BCUT2D eigenvalue weighted by atomic mass is 10.1. The number of nitro groups is 1. The van der Waals surface area contributed by atoms with E-state index in [1.807, 2.05) is 0 Å². The lowest BCUT2D eigenvalue weighted by Crippen LogP contribution is -2.53. The second kappa shape index (κ2) is 6.93. The van der Waals surface area contributed by atoms with Gasteiger partial charge in [0.15, 0.2) is 0 Å². The van der Waals surface area contributed by atoms with Crippen LogP contribution < -0.4 is 5.32 Å². The zero-order valence-corrected chi connectivity index (χ0v) is 12.4. The first-order valence-electron chi connectivity index (χ1n) is 6.99. The number of hydrogen-bond donors (Lipinski definition) is 1. The molecule has 0 saturated carbocycles. The van der Waals surface area contributed by atoms with Crippen molar-refractivity contribution in [3.05, 3.63) is 39.7 Å². The number of likely N-dealkylation sites (N-methyl/N-ethyl adjacent to an activating group) is 2. The van der Waals surface area contributed by atoms with Crippen LogP contribution in [0.15, 0.2) is 18.2 Å². The Balaban J connectivity index is 1.94. The quantitative estimate of drug-likeness (QED) is 0.650. The molecule has 1 unspecified atom stereocenters. The van der Waals surface area contributed by atoms with Gasteiger partial charge in [0.25, 0.3) is 5.69 Å². The van der Waals surface area contributed by atoms with Crippen LogP contribution in [0, 0.1) is 15.9 Å². The summed E-state index contributed by atoms with van der Waals surface area (Å²) in [5.74, 6) is -0.452. The van der Waals surface area contributed by atoms with Crippen molar-refractivity contribution in [1.29, 1.82) is 0 Å². The van der Waals surface area contributed by atoms with Crippen molar-refractivity contribution in [1.82, 2.24) is 15.1 Å². The number of halogens is 1. The Bertz CT molecular complexity index is 512. The molecule has 2 rings (SSSR count). The summed E-state index contributed by atoms with van der Waals surface area (Å²) in [4.78, 5) is 15.0. The van der Waals surface area contributed by atoms with Crippen LogP contribution in [0.3, 0.4) is 0 Å². The molecule has 0 spiro atoms. The summed E-state index contributed by atoms with van der Waals surface area (Å²) in [7, 11) is 4.15. The molecule has 1 N–H and O–H groups in total. The molecular formula is C14H21FN4O2. The summed E-state index contributed by atoms with van der Waals surface area (Å²) in [6.07, 6.45) is 0. The van der Waals surface area contributed by atoms with E-state index in [1.165, 1.54) is 12.1 Å². The Kier molecular flexibility index (Phi) is 5.22. The smallest absolute Gasteiger partial charge is 0.274 e. The van der Waals surface area contributed by atoms with Gasteiger partial charge in [0.2, 0.25) is 0 Å². The average Bonchev–Trinajstić information content (AvgIpc) is 2.42. The summed E-state index contributed by atoms with van der Waals surface area (Å²) in [5, 5.41) is 14.1. The van der Waals surface area contributed by atoms with Crippen LogP contribution in [-0.2, 0) is 6.54 Å². The van der Waals surface area contributed by atoms with Gasteiger partial charge in [-0.1, -0.05) is 0 Å². The summed E-state index contributed by atoms with van der Waals surface area (Å²) in [6, 6.07) is 3.91. The van der Waals surface area contributed by atoms with E-state index in [9.17, 15) is 14.5 Å². The van der Waals surface area contributed by atoms with Gasteiger partial charge in [0, 0.05) is 50.4 Å². The molecule has 1 heterocycles. The maximum absolute atomic E-state index is 13.2. The van der Waals surface area contributed by atoms with Gasteiger partial charge < -0.3 is 10.2 Å². The fraction of sp³-hybridized carbons (Fsp3) is 0.571.